The number of benzene rings is 3. The quantitative estimate of drug-likeness (QED) is 0.343. The fraction of sp³-hybridized carbons (Fsp3) is 0.310. The first kappa shape index (κ1) is 21.2. The summed E-state index contributed by atoms with van der Waals surface area (Å²) in [5.74, 6) is 0. The normalized spacial score (nSPS) is 21.8. The van der Waals surface area contributed by atoms with Gasteiger partial charge in [0.05, 0.1) is 18.5 Å². The highest BCUT2D eigenvalue weighted by molar-refractivity contribution is 6.99. The highest BCUT2D eigenvalue weighted by atomic mass is 28.4. The van der Waals surface area contributed by atoms with Crippen LogP contribution in [0, 0.1) is 0 Å². The van der Waals surface area contributed by atoms with E-state index in [4.69, 9.17) is 9.16 Å². The Bertz CT molecular complexity index is 1060. The third kappa shape index (κ3) is 3.64. The standard InChI is InChI=1S/C29H32O2Si/c1-29(2,3)32(23-12-6-4-7-13-23,24-14-8-5-9-15-24)30-21-22-18-19-27-25-16-10-11-17-26(25)28(20-22)31-27/h4-17,21,27-28H,18-20H2,1-3H3/b22-21+/t27-,28+/m1/s1. The van der Waals surface area contributed by atoms with Crippen molar-refractivity contribution in [3.8, 4) is 0 Å². The maximum atomic E-state index is 7.08. The lowest BCUT2D eigenvalue weighted by atomic mass is 9.91. The Hall–Kier alpha value is -2.62. The molecule has 1 saturated heterocycles. The number of hydrogen-bond acceptors (Lipinski definition) is 2. The van der Waals surface area contributed by atoms with Gasteiger partial charge in [-0.1, -0.05) is 106 Å². The summed E-state index contributed by atoms with van der Waals surface area (Å²) in [6, 6.07) is 30.4. The van der Waals surface area contributed by atoms with Gasteiger partial charge in [0, 0.05) is 6.42 Å². The summed E-state index contributed by atoms with van der Waals surface area (Å²) < 4.78 is 13.5. The molecule has 0 amide bonds. The molecular formula is C29H32O2Si. The van der Waals surface area contributed by atoms with Crippen LogP contribution in [0.15, 0.2) is 96.8 Å². The minimum Gasteiger partial charge on any atom is -0.540 e. The number of rotatable bonds is 4. The van der Waals surface area contributed by atoms with Crippen molar-refractivity contribution < 1.29 is 9.16 Å². The third-order valence-electron chi connectivity index (χ3n) is 7.01. The van der Waals surface area contributed by atoms with E-state index in [1.807, 2.05) is 0 Å². The van der Waals surface area contributed by atoms with E-state index in [0.29, 0.717) is 0 Å². The molecule has 1 fully saturated rings. The van der Waals surface area contributed by atoms with Gasteiger partial charge >= 0.3 is 8.32 Å². The summed E-state index contributed by atoms with van der Waals surface area (Å²) >= 11 is 0. The van der Waals surface area contributed by atoms with E-state index in [9.17, 15) is 0 Å². The van der Waals surface area contributed by atoms with Crippen LogP contribution in [0.3, 0.4) is 0 Å². The summed E-state index contributed by atoms with van der Waals surface area (Å²) in [5.41, 5.74) is 4.10. The Balaban J connectivity index is 1.54. The average Bonchev–Trinajstić information content (AvgIpc) is 3.00. The molecule has 2 atom stereocenters. The van der Waals surface area contributed by atoms with Crippen molar-refractivity contribution in [3.63, 3.8) is 0 Å². The molecule has 2 heterocycles. The predicted molar refractivity (Wildman–Crippen MR) is 134 cm³/mol. The highest BCUT2D eigenvalue weighted by Crippen LogP contribution is 2.48. The Morgan fingerprint density at radius 3 is 1.88 bits per heavy atom. The van der Waals surface area contributed by atoms with Crippen molar-refractivity contribution in [2.45, 2.75) is 57.3 Å². The fourth-order valence-corrected chi connectivity index (χ4v) is 9.81. The van der Waals surface area contributed by atoms with Gasteiger partial charge in [-0.05, 0) is 45.0 Å². The molecule has 2 bridgehead atoms. The van der Waals surface area contributed by atoms with Crippen molar-refractivity contribution in [3.05, 3.63) is 108 Å². The Kier molecular flexibility index (Phi) is 5.56. The third-order valence-corrected chi connectivity index (χ3v) is 11.9. The molecule has 2 nitrogen and oxygen atoms in total. The molecule has 3 heteroatoms. The summed E-state index contributed by atoms with van der Waals surface area (Å²) in [6.45, 7) is 6.98. The second-order valence-corrected chi connectivity index (χ2v) is 14.3. The molecule has 3 aromatic carbocycles. The van der Waals surface area contributed by atoms with E-state index >= 15 is 0 Å². The van der Waals surface area contributed by atoms with Crippen molar-refractivity contribution in [2.24, 2.45) is 0 Å². The Morgan fingerprint density at radius 1 is 0.781 bits per heavy atom. The van der Waals surface area contributed by atoms with Crippen LogP contribution in [0.2, 0.25) is 5.04 Å². The first-order chi connectivity index (χ1) is 15.5. The molecule has 0 radical (unpaired) electrons. The molecule has 2 aliphatic rings. The van der Waals surface area contributed by atoms with E-state index in [1.54, 1.807) is 0 Å². The van der Waals surface area contributed by atoms with Crippen molar-refractivity contribution in [1.82, 2.24) is 0 Å². The summed E-state index contributed by atoms with van der Waals surface area (Å²) in [7, 11) is -2.56. The molecule has 0 N–H and O–H groups in total. The topological polar surface area (TPSA) is 18.5 Å². The summed E-state index contributed by atoms with van der Waals surface area (Å²) in [4.78, 5) is 0. The zero-order chi connectivity index (χ0) is 22.2. The van der Waals surface area contributed by atoms with Crippen molar-refractivity contribution in [1.29, 1.82) is 0 Å². The Morgan fingerprint density at radius 2 is 1.31 bits per heavy atom. The molecule has 0 aliphatic carbocycles. The SMILES string of the molecule is CC(C)(C)[Si](O/C=C1\CC[C@H]2O[C@@H](C1)c1ccccc12)(c1ccccc1)c1ccccc1. The average molecular weight is 441 g/mol. The Labute approximate surface area is 193 Å². The molecule has 0 aromatic heterocycles. The lowest BCUT2D eigenvalue weighted by Gasteiger charge is -2.42. The molecule has 5 rings (SSSR count). The van der Waals surface area contributed by atoms with E-state index in [1.165, 1.54) is 27.1 Å². The second kappa shape index (κ2) is 8.38. The lowest BCUT2D eigenvalue weighted by molar-refractivity contribution is 0.0172. The van der Waals surface area contributed by atoms with Crippen LogP contribution in [0.1, 0.15) is 63.4 Å². The largest absolute Gasteiger partial charge is 0.540 e. The minimum atomic E-state index is -2.56. The van der Waals surface area contributed by atoms with E-state index in [2.05, 4.69) is 112 Å². The first-order valence-electron chi connectivity index (χ1n) is 11.7. The van der Waals surface area contributed by atoms with Crippen LogP contribution >= 0.6 is 0 Å². The summed E-state index contributed by atoms with van der Waals surface area (Å²) in [5, 5.41) is 2.60. The maximum Gasteiger partial charge on any atom is 0.319 e. The lowest BCUT2D eigenvalue weighted by Crippen LogP contribution is -2.65. The van der Waals surface area contributed by atoms with E-state index in [-0.39, 0.29) is 17.2 Å². The number of ether oxygens (including phenoxy) is 1. The van der Waals surface area contributed by atoms with Gasteiger partial charge < -0.3 is 9.16 Å². The van der Waals surface area contributed by atoms with Gasteiger partial charge in [0.15, 0.2) is 0 Å². The predicted octanol–water partition coefficient (Wildman–Crippen LogP) is 6.44. The smallest absolute Gasteiger partial charge is 0.319 e. The zero-order valence-corrected chi connectivity index (χ0v) is 20.3. The van der Waals surface area contributed by atoms with Crippen LogP contribution < -0.4 is 10.4 Å². The maximum absolute atomic E-state index is 7.08. The van der Waals surface area contributed by atoms with Gasteiger partial charge in [0.1, 0.15) is 0 Å². The number of hydrogen-bond donors (Lipinski definition) is 0. The van der Waals surface area contributed by atoms with Gasteiger partial charge in [-0.15, -0.1) is 0 Å². The second-order valence-electron chi connectivity index (χ2n) is 10.0. The zero-order valence-electron chi connectivity index (χ0n) is 19.3. The molecule has 164 valence electrons. The molecule has 0 unspecified atom stereocenters. The molecule has 2 aliphatic heterocycles. The van der Waals surface area contributed by atoms with Crippen molar-refractivity contribution in [2.75, 3.05) is 0 Å². The monoisotopic (exact) mass is 440 g/mol. The molecular weight excluding hydrogens is 408 g/mol. The molecule has 32 heavy (non-hydrogen) atoms. The highest BCUT2D eigenvalue weighted by Gasteiger charge is 2.51. The van der Waals surface area contributed by atoms with Crippen LogP contribution in [0.5, 0.6) is 0 Å². The van der Waals surface area contributed by atoms with E-state index < -0.39 is 8.32 Å². The van der Waals surface area contributed by atoms with Crippen LogP contribution in [-0.4, -0.2) is 8.32 Å². The first-order valence-corrected chi connectivity index (χ1v) is 13.6. The fourth-order valence-electron chi connectivity index (χ4n) is 5.45. The number of fused-ring (bicyclic) bond motifs is 5. The van der Waals surface area contributed by atoms with Gasteiger partial charge in [0.25, 0.3) is 0 Å². The van der Waals surface area contributed by atoms with Crippen LogP contribution in [0.25, 0.3) is 0 Å². The van der Waals surface area contributed by atoms with Crippen LogP contribution in [-0.2, 0) is 9.16 Å². The van der Waals surface area contributed by atoms with Gasteiger partial charge in [0.2, 0.25) is 0 Å². The summed E-state index contributed by atoms with van der Waals surface area (Å²) in [6.07, 6.45) is 5.43. The van der Waals surface area contributed by atoms with Gasteiger partial charge in [-0.25, -0.2) is 0 Å². The minimum absolute atomic E-state index is 0.0282. The molecule has 0 saturated carbocycles. The van der Waals surface area contributed by atoms with Gasteiger partial charge in [-0.3, -0.25) is 0 Å². The van der Waals surface area contributed by atoms with Crippen LogP contribution in [0.4, 0.5) is 0 Å². The van der Waals surface area contributed by atoms with E-state index in [0.717, 1.165) is 19.3 Å². The van der Waals surface area contributed by atoms with Crippen molar-refractivity contribution >= 4 is 18.7 Å². The molecule has 3 aromatic rings. The van der Waals surface area contributed by atoms with Gasteiger partial charge in [-0.2, -0.15) is 0 Å². The molecule has 0 spiro atoms.